The van der Waals surface area contributed by atoms with Crippen molar-refractivity contribution in [3.05, 3.63) is 74.8 Å². The third-order valence-electron chi connectivity index (χ3n) is 3.55. The smallest absolute Gasteiger partial charge is 0.269 e. The van der Waals surface area contributed by atoms with Gasteiger partial charge in [-0.05, 0) is 42.0 Å². The molecule has 0 bridgehead atoms. The zero-order valence-electron chi connectivity index (χ0n) is 14.2. The molecule has 3 aromatic rings. The quantitative estimate of drug-likeness (QED) is 0.289. The Bertz CT molecular complexity index is 1030. The van der Waals surface area contributed by atoms with Crippen LogP contribution < -0.4 is 9.47 Å². The molecule has 0 radical (unpaired) electrons. The van der Waals surface area contributed by atoms with Gasteiger partial charge in [0.05, 0.1) is 18.2 Å². The van der Waals surface area contributed by atoms with Crippen LogP contribution >= 0.6 is 12.2 Å². The maximum Gasteiger partial charge on any atom is 0.269 e. The first kappa shape index (κ1) is 18.3. The van der Waals surface area contributed by atoms with Crippen LogP contribution in [0.4, 0.5) is 5.69 Å². The lowest BCUT2D eigenvalue weighted by atomic mass is 10.2. The Hall–Kier alpha value is -3.53. The van der Waals surface area contributed by atoms with Gasteiger partial charge in [0.25, 0.3) is 5.69 Å². The third kappa shape index (κ3) is 4.55. The largest absolute Gasteiger partial charge is 0.497 e. The number of aromatic nitrogens is 3. The zero-order chi connectivity index (χ0) is 19.2. The number of hydrogen-bond donors (Lipinski definition) is 1. The van der Waals surface area contributed by atoms with Crippen molar-refractivity contribution in [3.63, 3.8) is 0 Å². The molecule has 0 amide bonds. The Balaban J connectivity index is 1.74. The molecule has 0 aliphatic heterocycles. The molecular formula is C17H15N5O4S. The van der Waals surface area contributed by atoms with E-state index in [0.29, 0.717) is 27.7 Å². The first-order chi connectivity index (χ1) is 13.1. The Kier molecular flexibility index (Phi) is 5.57. The standard InChI is InChI=1S/C17H15N5O4S/c1-25-14-3-2-4-15(9-14)26-11-16-19-20-17(27)21(16)18-10-12-5-7-13(8-6-12)22(23)24/h2-10H,11H2,1H3,(H,20,27)/b18-10-. The van der Waals surface area contributed by atoms with E-state index >= 15 is 0 Å². The summed E-state index contributed by atoms with van der Waals surface area (Å²) in [5.41, 5.74) is 0.697. The summed E-state index contributed by atoms with van der Waals surface area (Å²) in [6.07, 6.45) is 1.53. The average Bonchev–Trinajstić information content (AvgIpc) is 3.04. The van der Waals surface area contributed by atoms with Crippen LogP contribution in [0.25, 0.3) is 0 Å². The predicted molar refractivity (Wildman–Crippen MR) is 101 cm³/mol. The van der Waals surface area contributed by atoms with E-state index in [1.54, 1.807) is 31.4 Å². The summed E-state index contributed by atoms with van der Waals surface area (Å²) in [5.74, 6) is 1.78. The number of aromatic amines is 1. The highest BCUT2D eigenvalue weighted by molar-refractivity contribution is 7.71. The molecule has 0 atom stereocenters. The van der Waals surface area contributed by atoms with Crippen molar-refractivity contribution in [2.45, 2.75) is 6.61 Å². The number of benzene rings is 2. The predicted octanol–water partition coefficient (Wildman–Crippen LogP) is 3.32. The van der Waals surface area contributed by atoms with E-state index in [-0.39, 0.29) is 12.3 Å². The van der Waals surface area contributed by atoms with Crippen LogP contribution in [-0.4, -0.2) is 33.1 Å². The lowest BCUT2D eigenvalue weighted by Crippen LogP contribution is -2.04. The van der Waals surface area contributed by atoms with Crippen LogP contribution in [0.15, 0.2) is 53.6 Å². The van der Waals surface area contributed by atoms with Crippen LogP contribution in [0.3, 0.4) is 0 Å². The fraction of sp³-hybridized carbons (Fsp3) is 0.118. The highest BCUT2D eigenvalue weighted by Crippen LogP contribution is 2.19. The Labute approximate surface area is 159 Å². The molecule has 0 saturated carbocycles. The number of hydrogen-bond acceptors (Lipinski definition) is 7. The van der Waals surface area contributed by atoms with Gasteiger partial charge in [-0.1, -0.05) is 6.07 Å². The van der Waals surface area contributed by atoms with E-state index in [0.717, 1.165) is 0 Å². The van der Waals surface area contributed by atoms with Gasteiger partial charge < -0.3 is 9.47 Å². The van der Waals surface area contributed by atoms with Crippen molar-refractivity contribution in [2.75, 3.05) is 7.11 Å². The van der Waals surface area contributed by atoms with E-state index in [2.05, 4.69) is 15.3 Å². The molecule has 3 rings (SSSR count). The molecule has 0 fully saturated rings. The molecule has 1 N–H and O–H groups in total. The summed E-state index contributed by atoms with van der Waals surface area (Å²) in [4.78, 5) is 10.2. The summed E-state index contributed by atoms with van der Waals surface area (Å²) < 4.78 is 12.6. The van der Waals surface area contributed by atoms with Crippen LogP contribution in [-0.2, 0) is 6.61 Å². The van der Waals surface area contributed by atoms with Crippen LogP contribution in [0, 0.1) is 14.9 Å². The molecule has 27 heavy (non-hydrogen) atoms. The van der Waals surface area contributed by atoms with E-state index in [4.69, 9.17) is 21.7 Å². The van der Waals surface area contributed by atoms with Crippen LogP contribution in [0.5, 0.6) is 11.5 Å². The number of nitro groups is 1. The van der Waals surface area contributed by atoms with Crippen molar-refractivity contribution in [2.24, 2.45) is 5.10 Å². The molecule has 0 unspecified atom stereocenters. The monoisotopic (exact) mass is 385 g/mol. The molecule has 0 aliphatic carbocycles. The molecule has 0 aliphatic rings. The molecule has 1 heterocycles. The van der Waals surface area contributed by atoms with Gasteiger partial charge in [0.1, 0.15) is 18.1 Å². The van der Waals surface area contributed by atoms with Crippen molar-refractivity contribution in [1.82, 2.24) is 14.9 Å². The summed E-state index contributed by atoms with van der Waals surface area (Å²) in [6.45, 7) is 0.137. The molecule has 0 saturated heterocycles. The van der Waals surface area contributed by atoms with Gasteiger partial charge in [0, 0.05) is 18.2 Å². The Morgan fingerprint density at radius 3 is 2.74 bits per heavy atom. The third-order valence-corrected chi connectivity index (χ3v) is 3.82. The lowest BCUT2D eigenvalue weighted by molar-refractivity contribution is -0.384. The van der Waals surface area contributed by atoms with E-state index in [1.807, 2.05) is 12.1 Å². The molecular weight excluding hydrogens is 370 g/mol. The summed E-state index contributed by atoms with van der Waals surface area (Å²) in [6, 6.07) is 13.2. The van der Waals surface area contributed by atoms with Crippen molar-refractivity contribution in [3.8, 4) is 11.5 Å². The number of ether oxygens (including phenoxy) is 2. The zero-order valence-corrected chi connectivity index (χ0v) is 15.0. The highest BCUT2D eigenvalue weighted by Gasteiger charge is 2.07. The van der Waals surface area contributed by atoms with Crippen molar-refractivity contribution < 1.29 is 14.4 Å². The SMILES string of the molecule is COc1cccc(OCc2n[nH]c(=S)n2/N=C\c2ccc([N+](=O)[O-])cc2)c1. The first-order valence-corrected chi connectivity index (χ1v) is 8.19. The molecule has 0 spiro atoms. The Morgan fingerprint density at radius 1 is 1.30 bits per heavy atom. The van der Waals surface area contributed by atoms with Crippen LogP contribution in [0.1, 0.15) is 11.4 Å². The molecule has 2 aromatic carbocycles. The molecule has 9 nitrogen and oxygen atoms in total. The van der Waals surface area contributed by atoms with Crippen molar-refractivity contribution >= 4 is 24.1 Å². The summed E-state index contributed by atoms with van der Waals surface area (Å²) in [5, 5.41) is 21.7. The summed E-state index contributed by atoms with van der Waals surface area (Å²) >= 11 is 5.18. The van der Waals surface area contributed by atoms with Gasteiger partial charge in [0.2, 0.25) is 4.77 Å². The number of methoxy groups -OCH3 is 1. The van der Waals surface area contributed by atoms with E-state index in [9.17, 15) is 10.1 Å². The first-order valence-electron chi connectivity index (χ1n) is 7.79. The topological polar surface area (TPSA) is 108 Å². The minimum absolute atomic E-state index is 0.0134. The van der Waals surface area contributed by atoms with Gasteiger partial charge in [-0.25, -0.2) is 5.10 Å². The van der Waals surface area contributed by atoms with E-state index in [1.165, 1.54) is 23.0 Å². The number of rotatable bonds is 7. The number of nitrogens with zero attached hydrogens (tertiary/aromatic N) is 4. The maximum absolute atomic E-state index is 10.7. The fourth-order valence-electron chi connectivity index (χ4n) is 2.18. The average molecular weight is 385 g/mol. The highest BCUT2D eigenvalue weighted by atomic mass is 32.1. The molecule has 10 heteroatoms. The van der Waals surface area contributed by atoms with Gasteiger partial charge in [0.15, 0.2) is 5.82 Å². The lowest BCUT2D eigenvalue weighted by Gasteiger charge is -2.07. The number of nitrogens with one attached hydrogen (secondary N) is 1. The molecule has 138 valence electrons. The van der Waals surface area contributed by atoms with Gasteiger partial charge in [-0.2, -0.15) is 14.9 Å². The minimum atomic E-state index is -0.457. The minimum Gasteiger partial charge on any atom is -0.497 e. The second kappa shape index (κ2) is 8.23. The van der Waals surface area contributed by atoms with Crippen molar-refractivity contribution in [1.29, 1.82) is 0 Å². The van der Waals surface area contributed by atoms with E-state index < -0.39 is 4.92 Å². The number of H-pyrrole nitrogens is 1. The number of nitro benzene ring substituents is 1. The molecule has 1 aromatic heterocycles. The second-order valence-electron chi connectivity index (χ2n) is 5.32. The van der Waals surface area contributed by atoms with Gasteiger partial charge in [-0.3, -0.25) is 10.1 Å². The Morgan fingerprint density at radius 2 is 2.04 bits per heavy atom. The number of non-ortho nitro benzene ring substituents is 1. The fourth-order valence-corrected chi connectivity index (χ4v) is 2.38. The van der Waals surface area contributed by atoms with Gasteiger partial charge >= 0.3 is 0 Å². The maximum atomic E-state index is 10.7. The van der Waals surface area contributed by atoms with Gasteiger partial charge in [-0.15, -0.1) is 0 Å². The second-order valence-corrected chi connectivity index (χ2v) is 5.70. The normalized spacial score (nSPS) is 10.9. The summed E-state index contributed by atoms with van der Waals surface area (Å²) in [7, 11) is 1.58. The van der Waals surface area contributed by atoms with Crippen LogP contribution in [0.2, 0.25) is 0 Å².